The first-order valence-corrected chi connectivity index (χ1v) is 11.1. The Morgan fingerprint density at radius 3 is 2.43 bits per heavy atom. The molecule has 1 atom stereocenters. The van der Waals surface area contributed by atoms with Crippen molar-refractivity contribution in [2.24, 2.45) is 5.73 Å². The van der Waals surface area contributed by atoms with Gasteiger partial charge in [0.25, 0.3) is 5.91 Å². The summed E-state index contributed by atoms with van der Waals surface area (Å²) < 4.78 is 10.5. The van der Waals surface area contributed by atoms with Crippen molar-refractivity contribution < 1.29 is 29.0 Å². The number of likely N-dealkylation sites (tertiary alicyclic amines) is 1. The van der Waals surface area contributed by atoms with Crippen molar-refractivity contribution >= 4 is 23.6 Å². The SMILES string of the molecule is COc1ccc(C[C@H](NC(=O)c2ccc(C(=N)N)cn2)C(=O)N2CCC(OCC(=O)O)CC2)cc1. The minimum Gasteiger partial charge on any atom is -0.497 e. The predicted molar refractivity (Wildman–Crippen MR) is 126 cm³/mol. The van der Waals surface area contributed by atoms with Crippen LogP contribution in [0.1, 0.15) is 34.5 Å². The first-order valence-electron chi connectivity index (χ1n) is 11.1. The van der Waals surface area contributed by atoms with Gasteiger partial charge in [0.05, 0.1) is 13.2 Å². The fraction of sp³-hybridized carbons (Fsp3) is 0.375. The number of hydrogen-bond donors (Lipinski definition) is 4. The Kier molecular flexibility index (Phi) is 8.74. The quantitative estimate of drug-likeness (QED) is 0.284. The second-order valence-corrected chi connectivity index (χ2v) is 8.15. The number of methoxy groups -OCH3 is 1. The molecule has 1 fully saturated rings. The van der Waals surface area contributed by atoms with Crippen LogP contribution in [0.4, 0.5) is 0 Å². The van der Waals surface area contributed by atoms with Gasteiger partial charge in [-0.3, -0.25) is 20.0 Å². The molecule has 0 unspecified atom stereocenters. The molecule has 1 aromatic carbocycles. The van der Waals surface area contributed by atoms with E-state index in [-0.39, 0.29) is 36.6 Å². The monoisotopic (exact) mass is 483 g/mol. The normalized spacial score (nSPS) is 14.7. The number of piperidine rings is 1. The van der Waals surface area contributed by atoms with Crippen LogP contribution in [0.5, 0.6) is 5.75 Å². The number of amidine groups is 1. The number of carbonyl (C=O) groups is 3. The summed E-state index contributed by atoms with van der Waals surface area (Å²) >= 11 is 0. The van der Waals surface area contributed by atoms with Crippen molar-refractivity contribution in [1.29, 1.82) is 5.41 Å². The van der Waals surface area contributed by atoms with E-state index in [2.05, 4.69) is 10.3 Å². The van der Waals surface area contributed by atoms with E-state index in [4.69, 9.17) is 25.7 Å². The number of hydrogen-bond acceptors (Lipinski definition) is 7. The van der Waals surface area contributed by atoms with Crippen LogP contribution < -0.4 is 15.8 Å². The minimum absolute atomic E-state index is 0.100. The van der Waals surface area contributed by atoms with Crippen LogP contribution in [-0.4, -0.2) is 77.6 Å². The molecule has 1 aliphatic rings. The molecule has 2 heterocycles. The smallest absolute Gasteiger partial charge is 0.329 e. The van der Waals surface area contributed by atoms with Gasteiger partial charge >= 0.3 is 5.97 Å². The van der Waals surface area contributed by atoms with Crippen molar-refractivity contribution in [3.8, 4) is 5.75 Å². The number of nitrogens with zero attached hydrogens (tertiary/aromatic N) is 2. The number of rotatable bonds is 10. The molecule has 1 saturated heterocycles. The number of benzene rings is 1. The molecule has 0 saturated carbocycles. The average Bonchev–Trinajstić information content (AvgIpc) is 2.87. The molecule has 1 aromatic heterocycles. The van der Waals surface area contributed by atoms with Crippen LogP contribution in [0.15, 0.2) is 42.6 Å². The Bertz CT molecular complexity index is 1050. The molecule has 0 bridgehead atoms. The van der Waals surface area contributed by atoms with E-state index < -0.39 is 17.9 Å². The van der Waals surface area contributed by atoms with Gasteiger partial charge in [0.2, 0.25) is 5.91 Å². The van der Waals surface area contributed by atoms with Crippen LogP contribution in [0, 0.1) is 5.41 Å². The van der Waals surface area contributed by atoms with Crippen molar-refractivity contribution in [3.63, 3.8) is 0 Å². The number of nitrogens with two attached hydrogens (primary N) is 1. The molecule has 2 amide bonds. The van der Waals surface area contributed by atoms with Gasteiger partial charge in [-0.2, -0.15) is 0 Å². The highest BCUT2D eigenvalue weighted by atomic mass is 16.5. The average molecular weight is 484 g/mol. The molecule has 0 radical (unpaired) electrons. The molecular formula is C24H29N5O6. The summed E-state index contributed by atoms with van der Waals surface area (Å²) in [6.07, 6.45) is 2.38. The maximum atomic E-state index is 13.4. The Balaban J connectivity index is 1.71. The third kappa shape index (κ3) is 7.24. The molecule has 186 valence electrons. The second-order valence-electron chi connectivity index (χ2n) is 8.15. The van der Waals surface area contributed by atoms with E-state index >= 15 is 0 Å². The third-order valence-electron chi connectivity index (χ3n) is 5.71. The highest BCUT2D eigenvalue weighted by Gasteiger charge is 2.30. The minimum atomic E-state index is -1.03. The fourth-order valence-corrected chi connectivity index (χ4v) is 3.77. The molecule has 0 aliphatic carbocycles. The summed E-state index contributed by atoms with van der Waals surface area (Å²) in [5, 5.41) is 19.0. The van der Waals surface area contributed by atoms with E-state index in [0.29, 0.717) is 37.2 Å². The number of carboxylic acids is 1. The van der Waals surface area contributed by atoms with Gasteiger partial charge in [-0.25, -0.2) is 4.79 Å². The zero-order valence-electron chi connectivity index (χ0n) is 19.4. The van der Waals surface area contributed by atoms with Crippen LogP contribution in [0.25, 0.3) is 0 Å². The van der Waals surface area contributed by atoms with Gasteiger partial charge in [0, 0.05) is 31.3 Å². The topological polar surface area (TPSA) is 168 Å². The molecule has 1 aliphatic heterocycles. The lowest BCUT2D eigenvalue weighted by Gasteiger charge is -2.34. The molecule has 35 heavy (non-hydrogen) atoms. The number of aliphatic carboxylic acids is 1. The molecule has 5 N–H and O–H groups in total. The van der Waals surface area contributed by atoms with Crippen molar-refractivity contribution in [2.45, 2.75) is 31.4 Å². The van der Waals surface area contributed by atoms with Crippen LogP contribution in [-0.2, 0) is 20.7 Å². The molecule has 11 heteroatoms. The Morgan fingerprint density at radius 1 is 1.20 bits per heavy atom. The number of ether oxygens (including phenoxy) is 2. The van der Waals surface area contributed by atoms with Crippen molar-refractivity contribution in [1.82, 2.24) is 15.2 Å². The van der Waals surface area contributed by atoms with Gasteiger partial charge in [0.1, 0.15) is 29.9 Å². The lowest BCUT2D eigenvalue weighted by Crippen LogP contribution is -2.52. The molecule has 11 nitrogen and oxygen atoms in total. The number of amides is 2. The maximum absolute atomic E-state index is 13.4. The lowest BCUT2D eigenvalue weighted by molar-refractivity contribution is -0.147. The van der Waals surface area contributed by atoms with Crippen molar-refractivity contribution in [2.75, 3.05) is 26.8 Å². The summed E-state index contributed by atoms with van der Waals surface area (Å²) in [6, 6.07) is 9.35. The summed E-state index contributed by atoms with van der Waals surface area (Å²) in [5.74, 6) is -1.28. The molecule has 0 spiro atoms. The first-order chi connectivity index (χ1) is 16.8. The zero-order chi connectivity index (χ0) is 25.4. The number of carboxylic acid groups (broad SMARTS) is 1. The van der Waals surface area contributed by atoms with E-state index in [9.17, 15) is 14.4 Å². The highest BCUT2D eigenvalue weighted by molar-refractivity contribution is 5.98. The van der Waals surface area contributed by atoms with E-state index in [1.165, 1.54) is 18.3 Å². The lowest BCUT2D eigenvalue weighted by atomic mass is 10.0. The van der Waals surface area contributed by atoms with Gasteiger partial charge in [-0.05, 0) is 42.7 Å². The Hall–Kier alpha value is -3.99. The van der Waals surface area contributed by atoms with Crippen LogP contribution >= 0.6 is 0 Å². The summed E-state index contributed by atoms with van der Waals surface area (Å²) in [6.45, 7) is 0.414. The number of pyridine rings is 1. The van der Waals surface area contributed by atoms with Crippen LogP contribution in [0.3, 0.4) is 0 Å². The number of nitrogens with one attached hydrogen (secondary N) is 2. The summed E-state index contributed by atoms with van der Waals surface area (Å²) in [7, 11) is 1.57. The molecule has 3 rings (SSSR count). The zero-order valence-corrected chi connectivity index (χ0v) is 19.4. The summed E-state index contributed by atoms with van der Waals surface area (Å²) in [5.41, 5.74) is 6.77. The second kappa shape index (κ2) is 11.9. The molecule has 2 aromatic rings. The highest BCUT2D eigenvalue weighted by Crippen LogP contribution is 2.18. The van der Waals surface area contributed by atoms with Gasteiger partial charge < -0.3 is 30.5 Å². The number of aromatic nitrogens is 1. The van der Waals surface area contributed by atoms with Gasteiger partial charge in [-0.1, -0.05) is 12.1 Å². The Labute approximate surface area is 202 Å². The first kappa shape index (κ1) is 25.6. The van der Waals surface area contributed by atoms with Crippen molar-refractivity contribution in [3.05, 3.63) is 59.4 Å². The van der Waals surface area contributed by atoms with Gasteiger partial charge in [-0.15, -0.1) is 0 Å². The standard InChI is InChI=1S/C24H29N5O6/c1-34-17-5-2-15(3-6-17)12-20(28-23(32)19-7-4-16(13-27-19)22(25)26)24(33)29-10-8-18(9-11-29)35-14-21(30)31/h2-7,13,18,20H,8-12,14H2,1H3,(H3,25,26)(H,28,32)(H,30,31)/t20-/m0/s1. The van der Waals surface area contributed by atoms with E-state index in [0.717, 1.165) is 5.56 Å². The maximum Gasteiger partial charge on any atom is 0.329 e. The number of nitrogen functional groups attached to an aromatic ring is 1. The fourth-order valence-electron chi connectivity index (χ4n) is 3.77. The number of carbonyl (C=O) groups excluding carboxylic acids is 2. The largest absolute Gasteiger partial charge is 0.497 e. The van der Waals surface area contributed by atoms with E-state index in [1.807, 2.05) is 12.1 Å². The third-order valence-corrected chi connectivity index (χ3v) is 5.71. The van der Waals surface area contributed by atoms with Crippen LogP contribution in [0.2, 0.25) is 0 Å². The van der Waals surface area contributed by atoms with Gasteiger partial charge in [0.15, 0.2) is 0 Å². The molecular weight excluding hydrogens is 454 g/mol. The predicted octanol–water partition coefficient (Wildman–Crippen LogP) is 0.808. The Morgan fingerprint density at radius 2 is 1.89 bits per heavy atom. The van der Waals surface area contributed by atoms with E-state index in [1.54, 1.807) is 24.1 Å². The summed E-state index contributed by atoms with van der Waals surface area (Å²) in [4.78, 5) is 42.7.